The van der Waals surface area contributed by atoms with Crippen molar-refractivity contribution < 1.29 is 0 Å². The van der Waals surface area contributed by atoms with Crippen molar-refractivity contribution in [3.63, 3.8) is 0 Å². The quantitative estimate of drug-likeness (QED) is 0.806. The van der Waals surface area contributed by atoms with E-state index in [0.717, 1.165) is 19.4 Å². The van der Waals surface area contributed by atoms with Gasteiger partial charge in [0.1, 0.15) is 0 Å². The fourth-order valence-corrected chi connectivity index (χ4v) is 2.27. The van der Waals surface area contributed by atoms with Crippen LogP contribution in [0.2, 0.25) is 0 Å². The lowest BCUT2D eigenvalue weighted by atomic mass is 10.0. The molecule has 1 N–H and O–H groups in total. The Morgan fingerprint density at radius 2 is 2.12 bits per heavy atom. The SMILES string of the molecule is CC#CCCC(NCC)c1ccccc1Br. The summed E-state index contributed by atoms with van der Waals surface area (Å²) in [7, 11) is 0. The van der Waals surface area contributed by atoms with E-state index in [1.807, 2.05) is 13.0 Å². The van der Waals surface area contributed by atoms with E-state index >= 15 is 0 Å². The highest BCUT2D eigenvalue weighted by atomic mass is 79.9. The Morgan fingerprint density at radius 1 is 1.38 bits per heavy atom. The van der Waals surface area contributed by atoms with Crippen LogP contribution in [0.25, 0.3) is 0 Å². The summed E-state index contributed by atoms with van der Waals surface area (Å²) in [4.78, 5) is 0. The highest BCUT2D eigenvalue weighted by molar-refractivity contribution is 9.10. The van der Waals surface area contributed by atoms with Crippen LogP contribution in [0.3, 0.4) is 0 Å². The van der Waals surface area contributed by atoms with Gasteiger partial charge in [-0.05, 0) is 31.5 Å². The monoisotopic (exact) mass is 279 g/mol. The molecule has 0 saturated carbocycles. The van der Waals surface area contributed by atoms with Gasteiger partial charge >= 0.3 is 0 Å². The Morgan fingerprint density at radius 3 is 2.75 bits per heavy atom. The molecule has 0 spiro atoms. The maximum absolute atomic E-state index is 3.60. The molecule has 0 bridgehead atoms. The van der Waals surface area contributed by atoms with E-state index in [4.69, 9.17) is 0 Å². The van der Waals surface area contributed by atoms with Crippen molar-refractivity contribution in [1.82, 2.24) is 5.32 Å². The predicted molar refractivity (Wildman–Crippen MR) is 73.2 cm³/mol. The molecule has 1 unspecified atom stereocenters. The maximum Gasteiger partial charge on any atom is 0.0340 e. The highest BCUT2D eigenvalue weighted by Gasteiger charge is 2.11. The molecule has 0 aliphatic carbocycles. The summed E-state index contributed by atoms with van der Waals surface area (Å²) in [6, 6.07) is 8.77. The van der Waals surface area contributed by atoms with Crippen molar-refractivity contribution in [1.29, 1.82) is 0 Å². The van der Waals surface area contributed by atoms with Crippen LogP contribution in [0.1, 0.15) is 38.3 Å². The van der Waals surface area contributed by atoms with Crippen molar-refractivity contribution in [2.24, 2.45) is 0 Å². The van der Waals surface area contributed by atoms with Gasteiger partial charge in [0.05, 0.1) is 0 Å². The van der Waals surface area contributed by atoms with Crippen LogP contribution in [0, 0.1) is 11.8 Å². The summed E-state index contributed by atoms with van der Waals surface area (Å²) in [6.45, 7) is 5.00. The first-order chi connectivity index (χ1) is 7.79. The van der Waals surface area contributed by atoms with E-state index in [-0.39, 0.29) is 0 Å². The molecule has 1 aromatic carbocycles. The molecule has 0 saturated heterocycles. The largest absolute Gasteiger partial charge is 0.310 e. The van der Waals surface area contributed by atoms with E-state index in [1.165, 1.54) is 10.0 Å². The van der Waals surface area contributed by atoms with Gasteiger partial charge in [-0.1, -0.05) is 41.1 Å². The van der Waals surface area contributed by atoms with E-state index in [0.29, 0.717) is 6.04 Å². The van der Waals surface area contributed by atoms with Gasteiger partial charge in [0.25, 0.3) is 0 Å². The molecule has 1 aromatic rings. The predicted octanol–water partition coefficient (Wildman–Crippen LogP) is 3.90. The van der Waals surface area contributed by atoms with Crippen molar-refractivity contribution in [2.75, 3.05) is 6.54 Å². The van der Waals surface area contributed by atoms with Crippen LogP contribution in [-0.4, -0.2) is 6.54 Å². The van der Waals surface area contributed by atoms with Crippen LogP contribution in [0.4, 0.5) is 0 Å². The molecule has 86 valence electrons. The zero-order valence-electron chi connectivity index (χ0n) is 9.89. The normalized spacial score (nSPS) is 11.7. The Labute approximate surface area is 107 Å². The molecule has 2 heteroatoms. The standard InChI is InChI=1S/C14H18BrN/c1-3-5-6-11-14(16-4-2)12-9-7-8-10-13(12)15/h7-10,14,16H,4,6,11H2,1-2H3. The second-order valence-electron chi connectivity index (χ2n) is 3.60. The first-order valence-corrected chi connectivity index (χ1v) is 6.46. The first kappa shape index (κ1) is 13.3. The number of benzene rings is 1. The Hall–Kier alpha value is -0.780. The molecule has 0 aliphatic heterocycles. The Kier molecular flexibility index (Phi) is 6.22. The number of hydrogen-bond acceptors (Lipinski definition) is 1. The number of halogens is 1. The van der Waals surface area contributed by atoms with Gasteiger partial charge in [0.2, 0.25) is 0 Å². The lowest BCUT2D eigenvalue weighted by molar-refractivity contribution is 0.521. The third-order valence-corrected chi connectivity index (χ3v) is 3.19. The van der Waals surface area contributed by atoms with Gasteiger partial charge in [0.15, 0.2) is 0 Å². The van der Waals surface area contributed by atoms with Crippen molar-refractivity contribution in [2.45, 2.75) is 32.7 Å². The second kappa shape index (κ2) is 7.49. The van der Waals surface area contributed by atoms with Crippen molar-refractivity contribution in [3.05, 3.63) is 34.3 Å². The summed E-state index contributed by atoms with van der Waals surface area (Å²) in [5, 5.41) is 3.50. The summed E-state index contributed by atoms with van der Waals surface area (Å²) in [5.74, 6) is 6.06. The topological polar surface area (TPSA) is 12.0 Å². The molecule has 0 aliphatic rings. The fourth-order valence-electron chi connectivity index (χ4n) is 1.71. The van der Waals surface area contributed by atoms with Crippen LogP contribution < -0.4 is 5.32 Å². The van der Waals surface area contributed by atoms with Crippen LogP contribution in [0.5, 0.6) is 0 Å². The van der Waals surface area contributed by atoms with Gasteiger partial charge in [-0.25, -0.2) is 0 Å². The van der Waals surface area contributed by atoms with Gasteiger partial charge in [0, 0.05) is 16.9 Å². The molecule has 0 heterocycles. The molecule has 1 nitrogen and oxygen atoms in total. The van der Waals surface area contributed by atoms with E-state index in [1.54, 1.807) is 0 Å². The van der Waals surface area contributed by atoms with Gasteiger partial charge in [-0.3, -0.25) is 0 Å². The maximum atomic E-state index is 3.60. The summed E-state index contributed by atoms with van der Waals surface area (Å²) in [6.07, 6.45) is 1.99. The Balaban J connectivity index is 2.75. The second-order valence-corrected chi connectivity index (χ2v) is 4.45. The molecule has 0 radical (unpaired) electrons. The van der Waals surface area contributed by atoms with Gasteiger partial charge < -0.3 is 5.32 Å². The van der Waals surface area contributed by atoms with Crippen LogP contribution in [-0.2, 0) is 0 Å². The zero-order valence-corrected chi connectivity index (χ0v) is 11.5. The average Bonchev–Trinajstić information content (AvgIpc) is 2.29. The lowest BCUT2D eigenvalue weighted by Crippen LogP contribution is -2.21. The summed E-state index contributed by atoms with van der Waals surface area (Å²) in [5.41, 5.74) is 1.32. The zero-order chi connectivity index (χ0) is 11.8. The first-order valence-electron chi connectivity index (χ1n) is 5.67. The minimum Gasteiger partial charge on any atom is -0.310 e. The van der Waals surface area contributed by atoms with E-state index in [2.05, 4.69) is 58.2 Å². The van der Waals surface area contributed by atoms with Crippen molar-refractivity contribution >= 4 is 15.9 Å². The van der Waals surface area contributed by atoms with Crippen molar-refractivity contribution in [3.8, 4) is 11.8 Å². The smallest absolute Gasteiger partial charge is 0.0340 e. The summed E-state index contributed by atoms with van der Waals surface area (Å²) >= 11 is 3.60. The number of rotatable bonds is 5. The minimum atomic E-state index is 0.390. The molecule has 0 fully saturated rings. The molecular weight excluding hydrogens is 262 g/mol. The fraction of sp³-hybridized carbons (Fsp3) is 0.429. The average molecular weight is 280 g/mol. The minimum absolute atomic E-state index is 0.390. The lowest BCUT2D eigenvalue weighted by Gasteiger charge is -2.18. The molecule has 16 heavy (non-hydrogen) atoms. The van der Waals surface area contributed by atoms with Crippen LogP contribution >= 0.6 is 15.9 Å². The van der Waals surface area contributed by atoms with Crippen LogP contribution in [0.15, 0.2) is 28.7 Å². The van der Waals surface area contributed by atoms with Gasteiger partial charge in [-0.2, -0.15) is 0 Å². The van der Waals surface area contributed by atoms with Gasteiger partial charge in [-0.15, -0.1) is 11.8 Å². The highest BCUT2D eigenvalue weighted by Crippen LogP contribution is 2.26. The number of nitrogens with one attached hydrogen (secondary N) is 1. The molecule has 1 atom stereocenters. The summed E-state index contributed by atoms with van der Waals surface area (Å²) < 4.78 is 1.17. The molecular formula is C14H18BrN. The molecule has 0 amide bonds. The molecule has 1 rings (SSSR count). The third kappa shape index (κ3) is 4.00. The molecule has 0 aromatic heterocycles. The third-order valence-electron chi connectivity index (χ3n) is 2.47. The Bertz CT molecular complexity index is 376. The van der Waals surface area contributed by atoms with E-state index < -0.39 is 0 Å². The number of hydrogen-bond donors (Lipinski definition) is 1. The van der Waals surface area contributed by atoms with E-state index in [9.17, 15) is 0 Å².